The van der Waals surface area contributed by atoms with E-state index in [1.165, 1.54) is 13.2 Å². The number of nitrogens with one attached hydrogen (secondary N) is 1. The van der Waals surface area contributed by atoms with Crippen LogP contribution in [0.3, 0.4) is 0 Å². The fraction of sp³-hybridized carbons (Fsp3) is 0.500. The maximum Gasteiger partial charge on any atom is 0.219 e. The summed E-state index contributed by atoms with van der Waals surface area (Å²) >= 11 is 0. The zero-order chi connectivity index (χ0) is 13.4. The first-order valence-corrected chi connectivity index (χ1v) is 6.26. The molecule has 0 saturated heterocycles. The number of carbonyl (C=O) groups is 1. The lowest BCUT2D eigenvalue weighted by atomic mass is 10.1. The number of halogens is 1. The van der Waals surface area contributed by atoms with Gasteiger partial charge < -0.3 is 10.1 Å². The number of amides is 1. The minimum Gasteiger partial charge on any atom is -0.494 e. The Morgan fingerprint density at radius 1 is 1.44 bits per heavy atom. The van der Waals surface area contributed by atoms with E-state index in [0.717, 1.165) is 24.8 Å². The monoisotopic (exact) mass is 253 g/mol. The first kappa shape index (κ1) is 14.5. The molecule has 0 saturated carbocycles. The summed E-state index contributed by atoms with van der Waals surface area (Å²) in [4.78, 5) is 11.2. The van der Waals surface area contributed by atoms with Crippen LogP contribution in [0.2, 0.25) is 0 Å². The van der Waals surface area contributed by atoms with E-state index in [-0.39, 0.29) is 17.5 Å². The molecule has 0 fully saturated rings. The Labute approximate surface area is 107 Å². The molecule has 0 bridgehead atoms. The number of ether oxygens (including phenoxy) is 1. The lowest BCUT2D eigenvalue weighted by Gasteiger charge is -2.07. The Hall–Kier alpha value is -1.58. The predicted octanol–water partition coefficient (Wildman–Crippen LogP) is 2.68. The van der Waals surface area contributed by atoms with Crippen molar-refractivity contribution in [3.8, 4) is 5.75 Å². The van der Waals surface area contributed by atoms with Crippen LogP contribution in [0, 0.1) is 5.82 Å². The molecule has 1 amide bonds. The molecule has 0 radical (unpaired) electrons. The van der Waals surface area contributed by atoms with Crippen molar-refractivity contribution in [2.75, 3.05) is 13.7 Å². The van der Waals surface area contributed by atoms with E-state index >= 15 is 0 Å². The lowest BCUT2D eigenvalue weighted by Crippen LogP contribution is -2.24. The van der Waals surface area contributed by atoms with E-state index in [1.54, 1.807) is 12.1 Å². The van der Waals surface area contributed by atoms with Gasteiger partial charge in [0.1, 0.15) is 0 Å². The first-order valence-electron chi connectivity index (χ1n) is 6.26. The highest BCUT2D eigenvalue weighted by Gasteiger charge is 2.03. The zero-order valence-electron chi connectivity index (χ0n) is 11.0. The third kappa shape index (κ3) is 4.73. The number of aryl methyl sites for hydroxylation is 1. The molecular formula is C14H20FNO2. The Kier molecular flexibility index (Phi) is 6.19. The highest BCUT2D eigenvalue weighted by Crippen LogP contribution is 2.18. The van der Waals surface area contributed by atoms with Crippen molar-refractivity contribution in [3.63, 3.8) is 0 Å². The van der Waals surface area contributed by atoms with Crippen LogP contribution < -0.4 is 10.1 Å². The van der Waals surface area contributed by atoms with Gasteiger partial charge >= 0.3 is 0 Å². The van der Waals surface area contributed by atoms with Crippen LogP contribution in [0.5, 0.6) is 5.75 Å². The summed E-state index contributed by atoms with van der Waals surface area (Å²) in [5.74, 6) is 0.00852. The van der Waals surface area contributed by atoms with Crippen LogP contribution in [0.1, 0.15) is 31.7 Å². The summed E-state index contributed by atoms with van der Waals surface area (Å²) in [6, 6.07) is 4.85. The largest absolute Gasteiger partial charge is 0.494 e. The predicted molar refractivity (Wildman–Crippen MR) is 69.2 cm³/mol. The summed E-state index contributed by atoms with van der Waals surface area (Å²) in [6.45, 7) is 2.63. The first-order chi connectivity index (χ1) is 8.67. The van der Waals surface area contributed by atoms with Crippen molar-refractivity contribution in [1.29, 1.82) is 0 Å². The second kappa shape index (κ2) is 7.69. The normalized spacial score (nSPS) is 10.2. The highest BCUT2D eigenvalue weighted by molar-refractivity contribution is 5.75. The lowest BCUT2D eigenvalue weighted by molar-refractivity contribution is -0.121. The summed E-state index contributed by atoms with van der Waals surface area (Å²) in [6.07, 6.45) is 3.07. The van der Waals surface area contributed by atoms with Crippen LogP contribution in [-0.2, 0) is 11.2 Å². The third-order valence-electron chi connectivity index (χ3n) is 2.66. The molecule has 0 heterocycles. The number of hydrogen-bond acceptors (Lipinski definition) is 2. The minimum atomic E-state index is -0.350. The van der Waals surface area contributed by atoms with Crippen LogP contribution in [0.25, 0.3) is 0 Å². The van der Waals surface area contributed by atoms with E-state index in [2.05, 4.69) is 5.32 Å². The molecule has 0 aliphatic carbocycles. The second-order valence-corrected chi connectivity index (χ2v) is 4.17. The Bertz CT molecular complexity index is 393. The molecule has 4 heteroatoms. The minimum absolute atomic E-state index is 0.0918. The van der Waals surface area contributed by atoms with E-state index in [0.29, 0.717) is 13.0 Å². The number of methoxy groups -OCH3 is 1. The smallest absolute Gasteiger partial charge is 0.219 e. The molecule has 100 valence electrons. The highest BCUT2D eigenvalue weighted by atomic mass is 19.1. The van der Waals surface area contributed by atoms with Gasteiger partial charge in [0, 0.05) is 13.0 Å². The van der Waals surface area contributed by atoms with Crippen LogP contribution in [-0.4, -0.2) is 19.6 Å². The van der Waals surface area contributed by atoms with Crippen molar-refractivity contribution in [2.24, 2.45) is 0 Å². The van der Waals surface area contributed by atoms with Crippen molar-refractivity contribution < 1.29 is 13.9 Å². The second-order valence-electron chi connectivity index (χ2n) is 4.17. The van der Waals surface area contributed by atoms with Gasteiger partial charge in [0.15, 0.2) is 11.6 Å². The number of carbonyl (C=O) groups excluding carboxylic acids is 1. The van der Waals surface area contributed by atoms with Gasteiger partial charge in [0.2, 0.25) is 5.91 Å². The molecule has 18 heavy (non-hydrogen) atoms. The van der Waals surface area contributed by atoms with Gasteiger partial charge in [-0.2, -0.15) is 0 Å². The fourth-order valence-electron chi connectivity index (χ4n) is 1.70. The third-order valence-corrected chi connectivity index (χ3v) is 2.66. The average molecular weight is 253 g/mol. The molecule has 3 nitrogen and oxygen atoms in total. The molecule has 0 atom stereocenters. The molecular weight excluding hydrogens is 233 g/mol. The number of rotatable bonds is 7. The summed E-state index contributed by atoms with van der Waals surface area (Å²) in [5, 5.41) is 2.85. The summed E-state index contributed by atoms with van der Waals surface area (Å²) in [7, 11) is 1.45. The molecule has 1 aromatic rings. The van der Waals surface area contributed by atoms with Crippen molar-refractivity contribution in [1.82, 2.24) is 5.32 Å². The molecule has 1 aromatic carbocycles. The molecule has 0 aliphatic rings. The fourth-order valence-corrected chi connectivity index (χ4v) is 1.70. The van der Waals surface area contributed by atoms with Gasteiger partial charge in [0.05, 0.1) is 7.11 Å². The van der Waals surface area contributed by atoms with Gasteiger partial charge in [-0.1, -0.05) is 13.0 Å². The van der Waals surface area contributed by atoms with Gasteiger partial charge in [-0.15, -0.1) is 0 Å². The van der Waals surface area contributed by atoms with Gasteiger partial charge in [-0.3, -0.25) is 4.79 Å². The van der Waals surface area contributed by atoms with E-state index in [4.69, 9.17) is 4.74 Å². The van der Waals surface area contributed by atoms with Gasteiger partial charge in [-0.05, 0) is 37.0 Å². The summed E-state index contributed by atoms with van der Waals surface area (Å²) in [5.41, 5.74) is 1.01. The summed E-state index contributed by atoms with van der Waals surface area (Å²) < 4.78 is 18.1. The van der Waals surface area contributed by atoms with Crippen molar-refractivity contribution in [2.45, 2.75) is 32.6 Å². The van der Waals surface area contributed by atoms with Crippen molar-refractivity contribution >= 4 is 5.91 Å². The number of benzene rings is 1. The molecule has 0 spiro atoms. The van der Waals surface area contributed by atoms with Crippen LogP contribution in [0.15, 0.2) is 18.2 Å². The van der Waals surface area contributed by atoms with Crippen LogP contribution in [0.4, 0.5) is 4.39 Å². The molecule has 0 aromatic heterocycles. The standard InChI is InChI=1S/C14H20FNO2/c1-3-5-14(17)16-9-4-6-11-7-8-12(15)13(10-11)18-2/h7-8,10H,3-6,9H2,1-2H3,(H,16,17). The van der Waals surface area contributed by atoms with E-state index in [1.807, 2.05) is 6.92 Å². The Morgan fingerprint density at radius 3 is 2.89 bits per heavy atom. The quantitative estimate of drug-likeness (QED) is 0.759. The maximum atomic E-state index is 13.2. The average Bonchev–Trinajstić information content (AvgIpc) is 2.37. The van der Waals surface area contributed by atoms with Crippen LogP contribution >= 0.6 is 0 Å². The Morgan fingerprint density at radius 2 is 2.22 bits per heavy atom. The molecule has 0 aliphatic heterocycles. The maximum absolute atomic E-state index is 13.2. The molecule has 1 rings (SSSR count). The molecule has 0 unspecified atom stereocenters. The number of hydrogen-bond donors (Lipinski definition) is 1. The van der Waals surface area contributed by atoms with E-state index in [9.17, 15) is 9.18 Å². The SMILES string of the molecule is CCCC(=O)NCCCc1ccc(F)c(OC)c1. The van der Waals surface area contributed by atoms with E-state index < -0.39 is 0 Å². The molecule has 1 N–H and O–H groups in total. The topological polar surface area (TPSA) is 38.3 Å². The van der Waals surface area contributed by atoms with Crippen molar-refractivity contribution in [3.05, 3.63) is 29.6 Å². The zero-order valence-corrected chi connectivity index (χ0v) is 11.0. The Balaban J connectivity index is 2.33. The van der Waals surface area contributed by atoms with Gasteiger partial charge in [0.25, 0.3) is 0 Å². The van der Waals surface area contributed by atoms with Gasteiger partial charge in [-0.25, -0.2) is 4.39 Å².